The van der Waals surface area contributed by atoms with Gasteiger partial charge in [-0.25, -0.2) is 0 Å². The van der Waals surface area contributed by atoms with Crippen LogP contribution in [0.4, 0.5) is 0 Å². The summed E-state index contributed by atoms with van der Waals surface area (Å²) in [4.78, 5) is 2.39. The second kappa shape index (κ2) is 5.91. The van der Waals surface area contributed by atoms with E-state index in [0.717, 1.165) is 37.5 Å². The fourth-order valence-corrected chi connectivity index (χ4v) is 2.19. The average Bonchev–Trinajstić information content (AvgIpc) is 2.38. The molecule has 0 aromatic heterocycles. The molecule has 17 heavy (non-hydrogen) atoms. The van der Waals surface area contributed by atoms with E-state index in [0.29, 0.717) is 0 Å². The lowest BCUT2D eigenvalue weighted by atomic mass is 9.99. The summed E-state index contributed by atoms with van der Waals surface area (Å²) in [5, 5.41) is 0.792. The molecule has 1 nitrogen and oxygen atoms in total. The Morgan fingerprint density at radius 2 is 2.06 bits per heavy atom. The van der Waals surface area contributed by atoms with Crippen molar-refractivity contribution in [2.45, 2.75) is 12.8 Å². The van der Waals surface area contributed by atoms with E-state index in [1.54, 1.807) is 0 Å². The highest BCUT2D eigenvalue weighted by Crippen LogP contribution is 2.23. The van der Waals surface area contributed by atoms with Crippen LogP contribution in [-0.2, 0) is 0 Å². The highest BCUT2D eigenvalue weighted by molar-refractivity contribution is 6.30. The third-order valence-electron chi connectivity index (χ3n) is 3.08. The lowest BCUT2D eigenvalue weighted by Crippen LogP contribution is -2.29. The largest absolute Gasteiger partial charge is 0.298 e. The summed E-state index contributed by atoms with van der Waals surface area (Å²) in [6.07, 6.45) is 9.50. The molecule has 1 heterocycles. The second-order valence-corrected chi connectivity index (χ2v) is 4.68. The van der Waals surface area contributed by atoms with Crippen molar-refractivity contribution in [2.24, 2.45) is 0 Å². The maximum Gasteiger partial charge on any atom is 0.0406 e. The summed E-state index contributed by atoms with van der Waals surface area (Å²) in [7, 11) is 0. The Morgan fingerprint density at radius 1 is 1.29 bits per heavy atom. The number of halogens is 1. The minimum absolute atomic E-state index is 0.792. The molecule has 2 rings (SSSR count). The Bertz CT molecular complexity index is 439. The van der Waals surface area contributed by atoms with Crippen molar-refractivity contribution >= 4 is 17.2 Å². The number of terminal acetylenes is 1. The van der Waals surface area contributed by atoms with Crippen LogP contribution in [0.25, 0.3) is 5.57 Å². The highest BCUT2D eigenvalue weighted by Gasteiger charge is 2.11. The number of benzene rings is 1. The van der Waals surface area contributed by atoms with Crippen LogP contribution in [0.1, 0.15) is 18.4 Å². The van der Waals surface area contributed by atoms with Crippen LogP contribution in [0, 0.1) is 12.3 Å². The molecule has 2 heteroatoms. The van der Waals surface area contributed by atoms with Crippen LogP contribution in [0.2, 0.25) is 5.02 Å². The van der Waals surface area contributed by atoms with Crippen LogP contribution in [-0.4, -0.2) is 24.5 Å². The van der Waals surface area contributed by atoms with Crippen molar-refractivity contribution in [1.29, 1.82) is 0 Å². The topological polar surface area (TPSA) is 3.24 Å². The first kappa shape index (κ1) is 12.2. The quantitative estimate of drug-likeness (QED) is 0.738. The molecule has 0 saturated carbocycles. The number of hydrogen-bond acceptors (Lipinski definition) is 1. The fourth-order valence-electron chi connectivity index (χ4n) is 2.06. The van der Waals surface area contributed by atoms with Crippen LogP contribution in [0.3, 0.4) is 0 Å². The average molecular weight is 246 g/mol. The molecule has 1 aromatic rings. The minimum atomic E-state index is 0.792. The molecule has 0 aliphatic carbocycles. The van der Waals surface area contributed by atoms with Crippen LogP contribution >= 0.6 is 11.6 Å². The predicted octanol–water partition coefficient (Wildman–Crippen LogP) is 3.45. The lowest BCUT2D eigenvalue weighted by Gasteiger charge is -2.25. The maximum atomic E-state index is 5.88. The van der Waals surface area contributed by atoms with E-state index in [1.807, 2.05) is 12.1 Å². The summed E-state index contributed by atoms with van der Waals surface area (Å²) < 4.78 is 0. The number of rotatable bonds is 3. The molecular formula is C15H16ClN. The van der Waals surface area contributed by atoms with Crippen molar-refractivity contribution < 1.29 is 0 Å². The first-order valence-corrected chi connectivity index (χ1v) is 6.28. The monoisotopic (exact) mass is 245 g/mol. The standard InChI is InChI=1S/C15H16ClN/c1-2-3-10-17-11-8-14(9-12-17)13-4-6-15(16)7-5-13/h1,4-8H,3,9-12H2. The fraction of sp³-hybridized carbons (Fsp3) is 0.333. The van der Waals surface area contributed by atoms with E-state index >= 15 is 0 Å². The Kier molecular flexibility index (Phi) is 4.25. The van der Waals surface area contributed by atoms with Crippen molar-refractivity contribution in [3.8, 4) is 12.3 Å². The molecule has 0 N–H and O–H groups in total. The van der Waals surface area contributed by atoms with Crippen molar-refractivity contribution in [1.82, 2.24) is 4.90 Å². The molecule has 0 spiro atoms. The molecule has 1 aromatic carbocycles. The van der Waals surface area contributed by atoms with Gasteiger partial charge in [0.15, 0.2) is 0 Å². The van der Waals surface area contributed by atoms with Gasteiger partial charge in [-0.15, -0.1) is 12.3 Å². The second-order valence-electron chi connectivity index (χ2n) is 4.24. The van der Waals surface area contributed by atoms with Crippen molar-refractivity contribution in [3.05, 3.63) is 40.9 Å². The molecule has 0 bridgehead atoms. The molecule has 0 atom stereocenters. The van der Waals surface area contributed by atoms with Crippen LogP contribution < -0.4 is 0 Å². The summed E-state index contributed by atoms with van der Waals surface area (Å²) in [5.74, 6) is 2.69. The zero-order valence-electron chi connectivity index (χ0n) is 9.82. The molecule has 1 aliphatic heterocycles. The SMILES string of the molecule is C#CCCN1CC=C(c2ccc(Cl)cc2)CC1. The summed E-state index contributed by atoms with van der Waals surface area (Å²) >= 11 is 5.88. The van der Waals surface area contributed by atoms with Gasteiger partial charge in [0.25, 0.3) is 0 Å². The van der Waals surface area contributed by atoms with Gasteiger partial charge in [-0.3, -0.25) is 4.90 Å². The Balaban J connectivity index is 1.99. The van der Waals surface area contributed by atoms with E-state index in [9.17, 15) is 0 Å². The molecule has 1 aliphatic rings. The van der Waals surface area contributed by atoms with E-state index in [1.165, 1.54) is 11.1 Å². The Hall–Kier alpha value is -1.23. The van der Waals surface area contributed by atoms with Gasteiger partial charge >= 0.3 is 0 Å². The molecule has 0 fully saturated rings. The van der Waals surface area contributed by atoms with Crippen LogP contribution in [0.5, 0.6) is 0 Å². The van der Waals surface area contributed by atoms with Gasteiger partial charge in [0, 0.05) is 31.1 Å². The Morgan fingerprint density at radius 3 is 2.65 bits per heavy atom. The van der Waals surface area contributed by atoms with Gasteiger partial charge in [-0.05, 0) is 29.7 Å². The normalized spacial score (nSPS) is 16.4. The van der Waals surface area contributed by atoms with Gasteiger partial charge in [-0.2, -0.15) is 0 Å². The molecule has 0 saturated heterocycles. The summed E-state index contributed by atoms with van der Waals surface area (Å²) in [5.41, 5.74) is 2.70. The van der Waals surface area contributed by atoms with Crippen molar-refractivity contribution in [3.63, 3.8) is 0 Å². The zero-order chi connectivity index (χ0) is 12.1. The van der Waals surface area contributed by atoms with Gasteiger partial charge in [0.2, 0.25) is 0 Å². The molecule has 88 valence electrons. The predicted molar refractivity (Wildman–Crippen MR) is 73.9 cm³/mol. The summed E-state index contributed by atoms with van der Waals surface area (Å²) in [6.45, 7) is 3.09. The van der Waals surface area contributed by atoms with Gasteiger partial charge < -0.3 is 0 Å². The lowest BCUT2D eigenvalue weighted by molar-refractivity contribution is 0.309. The molecule has 0 radical (unpaired) electrons. The molecule has 0 amide bonds. The molecule has 0 unspecified atom stereocenters. The van der Waals surface area contributed by atoms with Gasteiger partial charge in [0.1, 0.15) is 0 Å². The first-order valence-electron chi connectivity index (χ1n) is 5.90. The summed E-state index contributed by atoms with van der Waals surface area (Å²) in [6, 6.07) is 8.07. The number of hydrogen-bond donors (Lipinski definition) is 0. The third kappa shape index (κ3) is 3.36. The highest BCUT2D eigenvalue weighted by atomic mass is 35.5. The smallest absolute Gasteiger partial charge is 0.0406 e. The first-order chi connectivity index (χ1) is 8.29. The van der Waals surface area contributed by atoms with E-state index in [2.05, 4.69) is 29.0 Å². The third-order valence-corrected chi connectivity index (χ3v) is 3.33. The number of nitrogens with zero attached hydrogens (tertiary/aromatic N) is 1. The molecular weight excluding hydrogens is 230 g/mol. The maximum absolute atomic E-state index is 5.88. The zero-order valence-corrected chi connectivity index (χ0v) is 10.6. The van der Waals surface area contributed by atoms with Crippen LogP contribution in [0.15, 0.2) is 30.3 Å². The van der Waals surface area contributed by atoms with E-state index in [4.69, 9.17) is 18.0 Å². The van der Waals surface area contributed by atoms with Gasteiger partial charge in [-0.1, -0.05) is 29.8 Å². The van der Waals surface area contributed by atoms with E-state index in [-0.39, 0.29) is 0 Å². The van der Waals surface area contributed by atoms with Gasteiger partial charge in [0.05, 0.1) is 0 Å². The minimum Gasteiger partial charge on any atom is -0.298 e. The van der Waals surface area contributed by atoms with E-state index < -0.39 is 0 Å². The Labute approximate surface area is 108 Å². The van der Waals surface area contributed by atoms with Crippen molar-refractivity contribution in [2.75, 3.05) is 19.6 Å².